The molecular formula is C18H17N3O. The fraction of sp³-hybridized carbons (Fsp3) is 0.111. The maximum atomic E-state index is 11.7. The van der Waals surface area contributed by atoms with Crippen LogP contribution >= 0.6 is 0 Å². The van der Waals surface area contributed by atoms with Gasteiger partial charge < -0.3 is 10.6 Å². The highest BCUT2D eigenvalue weighted by Crippen LogP contribution is 2.25. The Hall–Kier alpha value is -2.88. The van der Waals surface area contributed by atoms with Gasteiger partial charge in [-0.2, -0.15) is 0 Å². The van der Waals surface area contributed by atoms with E-state index in [1.54, 1.807) is 19.3 Å². The second-order valence-corrected chi connectivity index (χ2v) is 5.17. The van der Waals surface area contributed by atoms with Gasteiger partial charge in [0.1, 0.15) is 5.82 Å². The minimum absolute atomic E-state index is 0.106. The number of hydrogen-bond acceptors (Lipinski definition) is 3. The third kappa shape index (κ3) is 2.76. The zero-order valence-electron chi connectivity index (χ0n) is 12.6. The van der Waals surface area contributed by atoms with E-state index in [-0.39, 0.29) is 5.91 Å². The summed E-state index contributed by atoms with van der Waals surface area (Å²) in [5.41, 5.74) is 2.66. The lowest BCUT2D eigenvalue weighted by Crippen LogP contribution is -2.17. The molecule has 3 rings (SSSR count). The van der Waals surface area contributed by atoms with Crippen LogP contribution in [0.1, 0.15) is 15.9 Å². The minimum Gasteiger partial charge on any atom is -0.355 e. The van der Waals surface area contributed by atoms with E-state index < -0.39 is 0 Å². The van der Waals surface area contributed by atoms with Gasteiger partial charge in [0.05, 0.1) is 0 Å². The lowest BCUT2D eigenvalue weighted by atomic mass is 10.1. The molecular weight excluding hydrogens is 274 g/mol. The average molecular weight is 291 g/mol. The van der Waals surface area contributed by atoms with Crippen molar-refractivity contribution in [3.8, 4) is 0 Å². The summed E-state index contributed by atoms with van der Waals surface area (Å²) in [4.78, 5) is 16.1. The molecule has 0 spiro atoms. The van der Waals surface area contributed by atoms with Crippen LogP contribution in [0.2, 0.25) is 0 Å². The average Bonchev–Trinajstić information content (AvgIpc) is 2.54. The molecule has 0 aliphatic rings. The van der Waals surface area contributed by atoms with E-state index in [9.17, 15) is 4.79 Å². The van der Waals surface area contributed by atoms with Crippen LogP contribution in [0, 0.1) is 6.92 Å². The number of pyridine rings is 1. The van der Waals surface area contributed by atoms with Crippen LogP contribution in [0.3, 0.4) is 0 Å². The van der Waals surface area contributed by atoms with Crippen LogP contribution in [0.5, 0.6) is 0 Å². The molecule has 4 nitrogen and oxygen atoms in total. The smallest absolute Gasteiger partial charge is 0.251 e. The second kappa shape index (κ2) is 5.85. The topological polar surface area (TPSA) is 54.0 Å². The summed E-state index contributed by atoms with van der Waals surface area (Å²) in [6, 6.07) is 15.6. The third-order valence-corrected chi connectivity index (χ3v) is 3.53. The van der Waals surface area contributed by atoms with Gasteiger partial charge in [0.25, 0.3) is 5.91 Å². The van der Waals surface area contributed by atoms with E-state index in [2.05, 4.69) is 40.7 Å². The molecule has 0 bridgehead atoms. The summed E-state index contributed by atoms with van der Waals surface area (Å²) in [6.07, 6.45) is 1.78. The van der Waals surface area contributed by atoms with Gasteiger partial charge in [-0.15, -0.1) is 0 Å². The summed E-state index contributed by atoms with van der Waals surface area (Å²) < 4.78 is 0. The first kappa shape index (κ1) is 14.1. The first-order valence-electron chi connectivity index (χ1n) is 7.12. The Morgan fingerprint density at radius 1 is 1.09 bits per heavy atom. The number of fused-ring (bicyclic) bond motifs is 1. The van der Waals surface area contributed by atoms with Crippen LogP contribution in [0.15, 0.2) is 54.7 Å². The first-order valence-corrected chi connectivity index (χ1v) is 7.12. The number of hydrogen-bond donors (Lipinski definition) is 2. The molecule has 3 aromatic rings. The largest absolute Gasteiger partial charge is 0.355 e. The molecule has 0 aliphatic carbocycles. The van der Waals surface area contributed by atoms with Gasteiger partial charge in [0, 0.05) is 29.9 Å². The molecule has 1 heterocycles. The number of carbonyl (C=O) groups is 1. The maximum Gasteiger partial charge on any atom is 0.251 e. The van der Waals surface area contributed by atoms with Gasteiger partial charge in [0.15, 0.2) is 0 Å². The van der Waals surface area contributed by atoms with Crippen molar-refractivity contribution in [1.82, 2.24) is 10.3 Å². The number of aryl methyl sites for hydroxylation is 1. The van der Waals surface area contributed by atoms with Crippen molar-refractivity contribution < 1.29 is 4.79 Å². The first-order chi connectivity index (χ1) is 10.7. The maximum absolute atomic E-state index is 11.7. The molecule has 0 unspecified atom stereocenters. The van der Waals surface area contributed by atoms with E-state index in [1.807, 2.05) is 24.3 Å². The van der Waals surface area contributed by atoms with Crippen molar-refractivity contribution in [2.24, 2.45) is 0 Å². The van der Waals surface area contributed by atoms with Crippen molar-refractivity contribution in [3.05, 3.63) is 65.9 Å². The number of nitrogens with one attached hydrogen (secondary N) is 2. The van der Waals surface area contributed by atoms with Crippen molar-refractivity contribution in [3.63, 3.8) is 0 Å². The Bertz CT molecular complexity index is 843. The van der Waals surface area contributed by atoms with Crippen molar-refractivity contribution in [2.45, 2.75) is 6.92 Å². The zero-order valence-corrected chi connectivity index (χ0v) is 12.6. The summed E-state index contributed by atoms with van der Waals surface area (Å²) in [5, 5.41) is 8.11. The van der Waals surface area contributed by atoms with E-state index in [4.69, 9.17) is 0 Å². The molecule has 2 N–H and O–H groups in total. The van der Waals surface area contributed by atoms with E-state index in [0.29, 0.717) is 5.56 Å². The molecule has 1 amide bonds. The molecule has 4 heteroatoms. The SMILES string of the molecule is CNC(=O)c1cccc(Nc2nccc3cc(C)ccc23)c1. The predicted octanol–water partition coefficient (Wildman–Crippen LogP) is 3.65. The van der Waals surface area contributed by atoms with Gasteiger partial charge in [-0.05, 0) is 36.6 Å². The molecule has 22 heavy (non-hydrogen) atoms. The molecule has 0 aliphatic heterocycles. The molecule has 2 aromatic carbocycles. The molecule has 0 atom stereocenters. The highest BCUT2D eigenvalue weighted by Gasteiger charge is 2.06. The monoisotopic (exact) mass is 291 g/mol. The standard InChI is InChI=1S/C18H17N3O/c1-12-6-7-16-13(10-12)8-9-20-17(16)21-15-5-3-4-14(11-15)18(22)19-2/h3-11H,1-2H3,(H,19,22)(H,20,21). The normalized spacial score (nSPS) is 10.5. The number of aromatic nitrogens is 1. The second-order valence-electron chi connectivity index (χ2n) is 5.17. The van der Waals surface area contributed by atoms with Crippen LogP contribution < -0.4 is 10.6 Å². The predicted molar refractivity (Wildman–Crippen MR) is 89.6 cm³/mol. The highest BCUT2D eigenvalue weighted by molar-refractivity contribution is 5.96. The van der Waals surface area contributed by atoms with Crippen LogP contribution in [0.4, 0.5) is 11.5 Å². The molecule has 0 saturated heterocycles. The van der Waals surface area contributed by atoms with Crippen LogP contribution in [0.25, 0.3) is 10.8 Å². The number of anilines is 2. The van der Waals surface area contributed by atoms with Crippen LogP contribution in [-0.2, 0) is 0 Å². The lowest BCUT2D eigenvalue weighted by molar-refractivity contribution is 0.0963. The minimum atomic E-state index is -0.106. The summed E-state index contributed by atoms with van der Waals surface area (Å²) in [6.45, 7) is 2.07. The van der Waals surface area contributed by atoms with Crippen LogP contribution in [-0.4, -0.2) is 17.9 Å². The number of benzene rings is 2. The van der Waals surface area contributed by atoms with Crippen molar-refractivity contribution in [1.29, 1.82) is 0 Å². The molecule has 0 saturated carbocycles. The molecule has 1 aromatic heterocycles. The molecule has 0 fully saturated rings. The quantitative estimate of drug-likeness (QED) is 0.774. The van der Waals surface area contributed by atoms with Gasteiger partial charge in [0.2, 0.25) is 0 Å². The Kier molecular flexibility index (Phi) is 3.74. The fourth-order valence-corrected chi connectivity index (χ4v) is 2.42. The summed E-state index contributed by atoms with van der Waals surface area (Å²) in [5.74, 6) is 0.678. The summed E-state index contributed by atoms with van der Waals surface area (Å²) >= 11 is 0. The molecule has 110 valence electrons. The number of nitrogens with zero attached hydrogens (tertiary/aromatic N) is 1. The van der Waals surface area contributed by atoms with Gasteiger partial charge in [-0.25, -0.2) is 4.98 Å². The van der Waals surface area contributed by atoms with Crippen molar-refractivity contribution >= 4 is 28.2 Å². The van der Waals surface area contributed by atoms with Gasteiger partial charge in [-0.3, -0.25) is 4.79 Å². The van der Waals surface area contributed by atoms with Gasteiger partial charge in [-0.1, -0.05) is 29.8 Å². The zero-order chi connectivity index (χ0) is 15.5. The summed E-state index contributed by atoms with van der Waals surface area (Å²) in [7, 11) is 1.62. The van der Waals surface area contributed by atoms with E-state index >= 15 is 0 Å². The Morgan fingerprint density at radius 3 is 2.77 bits per heavy atom. The van der Waals surface area contributed by atoms with Gasteiger partial charge >= 0.3 is 0 Å². The third-order valence-electron chi connectivity index (χ3n) is 3.53. The number of carbonyl (C=O) groups excluding carboxylic acids is 1. The Morgan fingerprint density at radius 2 is 1.95 bits per heavy atom. The lowest BCUT2D eigenvalue weighted by Gasteiger charge is -2.10. The van der Waals surface area contributed by atoms with E-state index in [0.717, 1.165) is 22.3 Å². The fourth-order valence-electron chi connectivity index (χ4n) is 2.42. The number of amides is 1. The number of rotatable bonds is 3. The van der Waals surface area contributed by atoms with Crippen molar-refractivity contribution in [2.75, 3.05) is 12.4 Å². The highest BCUT2D eigenvalue weighted by atomic mass is 16.1. The molecule has 0 radical (unpaired) electrons. The Labute approximate surface area is 129 Å². The van der Waals surface area contributed by atoms with E-state index in [1.165, 1.54) is 5.56 Å². The Balaban J connectivity index is 1.98.